The normalized spacial score (nSPS) is 12.6. The van der Waals surface area contributed by atoms with E-state index in [1.165, 1.54) is 16.0 Å². The van der Waals surface area contributed by atoms with E-state index in [1.54, 1.807) is 12.4 Å². The number of rotatable bonds is 4. The summed E-state index contributed by atoms with van der Waals surface area (Å²) in [6, 6.07) is -0.302. The lowest BCUT2D eigenvalue weighted by Gasteiger charge is -2.09. The highest BCUT2D eigenvalue weighted by atomic mass is 32.1. The van der Waals surface area contributed by atoms with Gasteiger partial charge in [-0.2, -0.15) is 0 Å². The number of hydrogen-bond acceptors (Lipinski definition) is 6. The first-order valence-corrected chi connectivity index (χ1v) is 5.51. The van der Waals surface area contributed by atoms with Gasteiger partial charge in [0.2, 0.25) is 5.82 Å². The maximum atomic E-state index is 10.6. The van der Waals surface area contributed by atoms with Gasteiger partial charge in [0.15, 0.2) is 0 Å². The number of tetrazole rings is 1. The minimum atomic E-state index is -0.882. The molecule has 16 heavy (non-hydrogen) atoms. The summed E-state index contributed by atoms with van der Waals surface area (Å²) in [6.45, 7) is 1.75. The highest BCUT2D eigenvalue weighted by Gasteiger charge is 2.17. The van der Waals surface area contributed by atoms with Gasteiger partial charge in [-0.05, 0) is 17.4 Å². The highest BCUT2D eigenvalue weighted by Crippen LogP contribution is 2.20. The summed E-state index contributed by atoms with van der Waals surface area (Å²) in [5.41, 5.74) is 2.34. The molecule has 0 aliphatic heterocycles. The zero-order valence-electron chi connectivity index (χ0n) is 8.44. The van der Waals surface area contributed by atoms with Crippen molar-refractivity contribution in [1.82, 2.24) is 25.2 Å². The van der Waals surface area contributed by atoms with Gasteiger partial charge >= 0.3 is 5.97 Å². The number of thiazole rings is 1. The molecule has 2 heterocycles. The lowest BCUT2D eigenvalue weighted by atomic mass is 10.2. The molecule has 2 aromatic heterocycles. The van der Waals surface area contributed by atoms with Crippen LogP contribution in [0.2, 0.25) is 0 Å². The lowest BCUT2D eigenvalue weighted by molar-refractivity contribution is -0.137. The van der Waals surface area contributed by atoms with Crippen molar-refractivity contribution in [3.63, 3.8) is 0 Å². The summed E-state index contributed by atoms with van der Waals surface area (Å²) >= 11 is 1.44. The van der Waals surface area contributed by atoms with Crippen LogP contribution in [0.1, 0.15) is 19.4 Å². The van der Waals surface area contributed by atoms with Crippen LogP contribution < -0.4 is 0 Å². The Labute approximate surface area is 94.7 Å². The third-order valence-electron chi connectivity index (χ3n) is 2.04. The molecule has 0 fully saturated rings. The summed E-state index contributed by atoms with van der Waals surface area (Å²) in [6.07, 6.45) is -0.0256. The summed E-state index contributed by atoms with van der Waals surface area (Å²) < 4.78 is 1.48. The Bertz CT molecular complexity index is 480. The third kappa shape index (κ3) is 2.06. The van der Waals surface area contributed by atoms with Crippen molar-refractivity contribution in [2.45, 2.75) is 19.4 Å². The number of aromatic nitrogens is 5. The van der Waals surface area contributed by atoms with Crippen molar-refractivity contribution < 1.29 is 9.90 Å². The number of carboxylic acid groups (broad SMARTS) is 1. The molecule has 0 radical (unpaired) electrons. The minimum Gasteiger partial charge on any atom is -0.481 e. The van der Waals surface area contributed by atoms with Crippen LogP contribution in [0.15, 0.2) is 10.9 Å². The van der Waals surface area contributed by atoms with Crippen LogP contribution in [0.25, 0.3) is 11.5 Å². The Kier molecular flexibility index (Phi) is 2.91. The zero-order valence-corrected chi connectivity index (χ0v) is 9.26. The van der Waals surface area contributed by atoms with Gasteiger partial charge in [0.25, 0.3) is 0 Å². The van der Waals surface area contributed by atoms with Crippen LogP contribution in [0.4, 0.5) is 0 Å². The molecule has 8 heteroatoms. The molecule has 0 bridgehead atoms. The van der Waals surface area contributed by atoms with Crippen molar-refractivity contribution in [1.29, 1.82) is 0 Å². The molecule has 0 saturated carbocycles. The summed E-state index contributed by atoms with van der Waals surface area (Å²) in [4.78, 5) is 14.7. The Morgan fingerprint density at radius 2 is 2.50 bits per heavy atom. The van der Waals surface area contributed by atoms with E-state index >= 15 is 0 Å². The van der Waals surface area contributed by atoms with Gasteiger partial charge in [0.1, 0.15) is 5.69 Å². The van der Waals surface area contributed by atoms with Crippen molar-refractivity contribution in [3.8, 4) is 11.5 Å². The summed E-state index contributed by atoms with van der Waals surface area (Å²) in [5, 5.41) is 21.7. The van der Waals surface area contributed by atoms with Crippen LogP contribution in [-0.2, 0) is 4.79 Å². The molecule has 0 aromatic carbocycles. The number of carboxylic acids is 1. The number of carbonyl (C=O) groups is 1. The van der Waals surface area contributed by atoms with Crippen LogP contribution in [0, 0.1) is 0 Å². The smallest absolute Gasteiger partial charge is 0.305 e. The first-order valence-electron chi connectivity index (χ1n) is 4.56. The standard InChI is InChI=1S/C8H9N5O2S/c1-5(2-7(14)15)13-8(10-11-12-13)6-3-16-4-9-6/h3-5H,2H2,1H3,(H,14,15). The quantitative estimate of drug-likeness (QED) is 0.849. The van der Waals surface area contributed by atoms with E-state index in [1.807, 2.05) is 5.38 Å². The zero-order chi connectivity index (χ0) is 11.5. The summed E-state index contributed by atoms with van der Waals surface area (Å²) in [7, 11) is 0. The van der Waals surface area contributed by atoms with Crippen LogP contribution in [0.3, 0.4) is 0 Å². The Hall–Kier alpha value is -1.83. The molecule has 0 aliphatic rings. The van der Waals surface area contributed by atoms with Gasteiger partial charge in [0.05, 0.1) is 18.0 Å². The molecule has 2 aromatic rings. The first-order chi connectivity index (χ1) is 7.68. The number of aliphatic carboxylic acids is 1. The molecule has 1 unspecified atom stereocenters. The van der Waals surface area contributed by atoms with Crippen LogP contribution >= 0.6 is 11.3 Å². The Morgan fingerprint density at radius 1 is 1.69 bits per heavy atom. The van der Waals surface area contributed by atoms with E-state index in [0.717, 1.165) is 0 Å². The molecule has 0 spiro atoms. The van der Waals surface area contributed by atoms with Crippen molar-refractivity contribution in [2.75, 3.05) is 0 Å². The fraction of sp³-hybridized carbons (Fsp3) is 0.375. The highest BCUT2D eigenvalue weighted by molar-refractivity contribution is 7.07. The van der Waals surface area contributed by atoms with Gasteiger partial charge in [0, 0.05) is 5.38 Å². The van der Waals surface area contributed by atoms with Crippen LogP contribution in [0.5, 0.6) is 0 Å². The predicted molar refractivity (Wildman–Crippen MR) is 55.9 cm³/mol. The Balaban J connectivity index is 2.29. The van der Waals surface area contributed by atoms with Gasteiger partial charge in [-0.25, -0.2) is 9.67 Å². The predicted octanol–water partition coefficient (Wildman–Crippen LogP) is 0.832. The molecule has 0 saturated heterocycles. The minimum absolute atomic E-state index is 0.0256. The van der Waals surface area contributed by atoms with Gasteiger partial charge in [-0.15, -0.1) is 16.4 Å². The second kappa shape index (κ2) is 4.35. The largest absolute Gasteiger partial charge is 0.481 e. The van der Waals surface area contributed by atoms with E-state index in [9.17, 15) is 4.79 Å². The van der Waals surface area contributed by atoms with E-state index in [4.69, 9.17) is 5.11 Å². The third-order valence-corrected chi connectivity index (χ3v) is 2.63. The van der Waals surface area contributed by atoms with E-state index < -0.39 is 5.97 Å². The fourth-order valence-corrected chi connectivity index (χ4v) is 1.85. The SMILES string of the molecule is CC(CC(=O)O)n1nnnc1-c1cscn1. The maximum absolute atomic E-state index is 10.6. The lowest BCUT2D eigenvalue weighted by Crippen LogP contribution is -2.13. The van der Waals surface area contributed by atoms with E-state index in [2.05, 4.69) is 20.5 Å². The molecule has 0 aliphatic carbocycles. The van der Waals surface area contributed by atoms with Crippen molar-refractivity contribution in [3.05, 3.63) is 10.9 Å². The molecule has 0 amide bonds. The second-order valence-electron chi connectivity index (χ2n) is 3.27. The van der Waals surface area contributed by atoms with Gasteiger partial charge in [-0.3, -0.25) is 4.79 Å². The molecule has 1 N–H and O–H groups in total. The van der Waals surface area contributed by atoms with Gasteiger partial charge < -0.3 is 5.11 Å². The van der Waals surface area contributed by atoms with E-state index in [0.29, 0.717) is 11.5 Å². The molecule has 1 atom stereocenters. The monoisotopic (exact) mass is 239 g/mol. The topological polar surface area (TPSA) is 93.8 Å². The Morgan fingerprint density at radius 3 is 3.12 bits per heavy atom. The number of hydrogen-bond donors (Lipinski definition) is 1. The van der Waals surface area contributed by atoms with Crippen LogP contribution in [-0.4, -0.2) is 36.3 Å². The fourth-order valence-electron chi connectivity index (χ4n) is 1.32. The molecular weight excluding hydrogens is 230 g/mol. The van der Waals surface area contributed by atoms with Gasteiger partial charge in [-0.1, -0.05) is 0 Å². The number of nitrogens with zero attached hydrogens (tertiary/aromatic N) is 5. The maximum Gasteiger partial charge on any atom is 0.305 e. The first kappa shape index (κ1) is 10.7. The average molecular weight is 239 g/mol. The summed E-state index contributed by atoms with van der Waals surface area (Å²) in [5.74, 6) is -0.387. The van der Waals surface area contributed by atoms with Crippen molar-refractivity contribution in [2.24, 2.45) is 0 Å². The molecule has 7 nitrogen and oxygen atoms in total. The van der Waals surface area contributed by atoms with E-state index in [-0.39, 0.29) is 12.5 Å². The second-order valence-corrected chi connectivity index (χ2v) is 3.99. The molecular formula is C8H9N5O2S. The molecule has 84 valence electrons. The average Bonchev–Trinajstić information content (AvgIpc) is 2.87. The van der Waals surface area contributed by atoms with Crippen molar-refractivity contribution >= 4 is 17.3 Å². The molecule has 2 rings (SSSR count).